The maximum Gasteiger partial charge on any atom is 0.216 e. The predicted octanol–water partition coefficient (Wildman–Crippen LogP) is 2.31. The van der Waals surface area contributed by atoms with Crippen molar-refractivity contribution in [3.8, 4) is 5.75 Å². The van der Waals surface area contributed by atoms with Crippen LogP contribution in [0.3, 0.4) is 0 Å². The largest absolute Gasteiger partial charge is 0.496 e. The maximum absolute atomic E-state index is 12.3. The number of nitrogens with zero attached hydrogens (tertiary/aromatic N) is 2. The predicted molar refractivity (Wildman–Crippen MR) is 64.6 cm³/mol. The van der Waals surface area contributed by atoms with Gasteiger partial charge in [0.25, 0.3) is 0 Å². The molecule has 4 nitrogen and oxygen atoms in total. The Bertz CT molecular complexity index is 544. The number of methoxy groups -OCH3 is 1. The summed E-state index contributed by atoms with van der Waals surface area (Å²) < 4.78 is 6.61. The fourth-order valence-corrected chi connectivity index (χ4v) is 1.88. The molecule has 0 unspecified atom stereocenters. The van der Waals surface area contributed by atoms with E-state index in [2.05, 4.69) is 5.10 Å². The van der Waals surface area contributed by atoms with Crippen molar-refractivity contribution in [2.75, 3.05) is 7.11 Å². The van der Waals surface area contributed by atoms with Crippen molar-refractivity contribution in [1.82, 2.24) is 9.78 Å². The Morgan fingerprint density at radius 1 is 1.41 bits per heavy atom. The molecule has 1 aromatic carbocycles. The number of hydrogen-bond acceptors (Lipinski definition) is 3. The van der Waals surface area contributed by atoms with Crippen molar-refractivity contribution in [3.05, 3.63) is 46.7 Å². The van der Waals surface area contributed by atoms with Gasteiger partial charge in [-0.2, -0.15) is 5.10 Å². The van der Waals surface area contributed by atoms with Crippen LogP contribution < -0.4 is 4.74 Å². The topological polar surface area (TPSA) is 44.1 Å². The average Bonchev–Trinajstić information content (AvgIpc) is 2.68. The Morgan fingerprint density at radius 2 is 2.12 bits per heavy atom. The van der Waals surface area contributed by atoms with Crippen LogP contribution in [0.2, 0.25) is 5.02 Å². The van der Waals surface area contributed by atoms with Crippen LogP contribution in [0, 0.1) is 0 Å². The summed E-state index contributed by atoms with van der Waals surface area (Å²) in [4.78, 5) is 12.3. The van der Waals surface area contributed by atoms with Crippen molar-refractivity contribution in [3.63, 3.8) is 0 Å². The summed E-state index contributed by atoms with van der Waals surface area (Å²) in [5.41, 5.74) is 0.830. The van der Waals surface area contributed by atoms with Gasteiger partial charge in [0.15, 0.2) is 0 Å². The van der Waals surface area contributed by atoms with Crippen molar-refractivity contribution in [1.29, 1.82) is 0 Å². The van der Waals surface area contributed by atoms with Gasteiger partial charge in [-0.1, -0.05) is 23.7 Å². The molecule has 2 rings (SSSR count). The summed E-state index contributed by atoms with van der Waals surface area (Å²) in [6.07, 6.45) is 1.45. The summed E-state index contributed by atoms with van der Waals surface area (Å²) in [5.74, 6) is 0.321. The van der Waals surface area contributed by atoms with E-state index in [-0.39, 0.29) is 5.78 Å². The van der Waals surface area contributed by atoms with E-state index >= 15 is 0 Å². The molecular formula is C12H11ClN2O2. The molecule has 0 N–H and O–H groups in total. The van der Waals surface area contributed by atoms with E-state index < -0.39 is 0 Å². The Morgan fingerprint density at radius 3 is 2.71 bits per heavy atom. The van der Waals surface area contributed by atoms with Crippen LogP contribution in [-0.2, 0) is 7.05 Å². The van der Waals surface area contributed by atoms with E-state index in [1.165, 1.54) is 18.0 Å². The number of hydrogen-bond donors (Lipinski definition) is 0. The number of ether oxygens (including phenoxy) is 1. The third-order valence-electron chi connectivity index (χ3n) is 2.46. The Kier molecular flexibility index (Phi) is 3.15. The number of aryl methyl sites for hydroxylation is 1. The van der Waals surface area contributed by atoms with Gasteiger partial charge >= 0.3 is 0 Å². The number of para-hydroxylation sites is 1. The van der Waals surface area contributed by atoms with Crippen molar-refractivity contribution < 1.29 is 9.53 Å². The molecule has 0 aliphatic heterocycles. The highest BCUT2D eigenvalue weighted by atomic mass is 35.5. The van der Waals surface area contributed by atoms with E-state index in [1.54, 1.807) is 31.3 Å². The molecule has 2 aromatic rings. The molecule has 88 valence electrons. The van der Waals surface area contributed by atoms with Crippen molar-refractivity contribution in [2.45, 2.75) is 0 Å². The van der Waals surface area contributed by atoms with Crippen LogP contribution in [0.15, 0.2) is 30.5 Å². The van der Waals surface area contributed by atoms with Gasteiger partial charge < -0.3 is 4.74 Å². The van der Waals surface area contributed by atoms with E-state index in [0.717, 1.165) is 0 Å². The first kappa shape index (κ1) is 11.7. The van der Waals surface area contributed by atoms with Crippen LogP contribution in [-0.4, -0.2) is 22.7 Å². The Hall–Kier alpha value is -1.81. The maximum atomic E-state index is 12.3. The minimum absolute atomic E-state index is 0.201. The molecule has 0 aliphatic rings. The highest BCUT2D eigenvalue weighted by Crippen LogP contribution is 2.24. The summed E-state index contributed by atoms with van der Waals surface area (Å²) in [6, 6.07) is 7.02. The monoisotopic (exact) mass is 250 g/mol. The Labute approximate surface area is 104 Å². The van der Waals surface area contributed by atoms with Crippen LogP contribution in [0.4, 0.5) is 0 Å². The molecule has 0 radical (unpaired) electrons. The van der Waals surface area contributed by atoms with E-state index in [0.29, 0.717) is 22.0 Å². The first-order chi connectivity index (χ1) is 8.15. The molecule has 0 saturated heterocycles. The zero-order chi connectivity index (χ0) is 12.4. The van der Waals surface area contributed by atoms with Gasteiger partial charge in [-0.3, -0.25) is 9.48 Å². The summed E-state index contributed by atoms with van der Waals surface area (Å²) >= 11 is 5.94. The van der Waals surface area contributed by atoms with E-state index in [1.807, 2.05) is 0 Å². The second-order valence-electron chi connectivity index (χ2n) is 3.49. The van der Waals surface area contributed by atoms with Crippen LogP contribution in [0.25, 0.3) is 0 Å². The molecule has 0 amide bonds. The third kappa shape index (κ3) is 2.03. The normalized spacial score (nSPS) is 10.3. The minimum atomic E-state index is -0.201. The van der Waals surface area contributed by atoms with Crippen LogP contribution in [0.5, 0.6) is 5.75 Å². The van der Waals surface area contributed by atoms with Gasteiger partial charge in [0.2, 0.25) is 5.78 Å². The average molecular weight is 251 g/mol. The molecule has 1 aromatic heterocycles. The fraction of sp³-hybridized carbons (Fsp3) is 0.167. The number of halogens is 1. The quantitative estimate of drug-likeness (QED) is 0.786. The standard InChI is InChI=1S/C12H11ClN2O2/c1-15-11(9(13)7-14-15)12(16)8-5-3-4-6-10(8)17-2/h3-7H,1-2H3. The van der Waals surface area contributed by atoms with Crippen LogP contribution in [0.1, 0.15) is 16.1 Å². The van der Waals surface area contributed by atoms with E-state index in [4.69, 9.17) is 16.3 Å². The fourth-order valence-electron chi connectivity index (χ4n) is 1.63. The second-order valence-corrected chi connectivity index (χ2v) is 3.90. The number of ketones is 1. The highest BCUT2D eigenvalue weighted by Gasteiger charge is 2.20. The van der Waals surface area contributed by atoms with Gasteiger partial charge in [0.05, 0.1) is 23.9 Å². The number of aromatic nitrogens is 2. The lowest BCUT2D eigenvalue weighted by atomic mass is 10.1. The lowest BCUT2D eigenvalue weighted by Crippen LogP contribution is -2.10. The zero-order valence-corrected chi connectivity index (χ0v) is 10.2. The smallest absolute Gasteiger partial charge is 0.216 e. The highest BCUT2D eigenvalue weighted by molar-refractivity contribution is 6.34. The molecule has 0 bridgehead atoms. The summed E-state index contributed by atoms with van der Waals surface area (Å²) in [5, 5.41) is 4.28. The van der Waals surface area contributed by atoms with Crippen molar-refractivity contribution in [2.24, 2.45) is 7.05 Å². The molecule has 1 heterocycles. The van der Waals surface area contributed by atoms with Gasteiger partial charge in [-0.05, 0) is 12.1 Å². The van der Waals surface area contributed by atoms with Crippen molar-refractivity contribution >= 4 is 17.4 Å². The molecule has 17 heavy (non-hydrogen) atoms. The lowest BCUT2D eigenvalue weighted by Gasteiger charge is -2.07. The first-order valence-corrected chi connectivity index (χ1v) is 5.38. The number of benzene rings is 1. The molecule has 0 aliphatic carbocycles. The lowest BCUT2D eigenvalue weighted by molar-refractivity contribution is 0.102. The molecule has 0 fully saturated rings. The SMILES string of the molecule is COc1ccccc1C(=O)c1c(Cl)cnn1C. The van der Waals surface area contributed by atoms with Gasteiger partial charge in [0.1, 0.15) is 11.4 Å². The second kappa shape index (κ2) is 4.59. The van der Waals surface area contributed by atoms with E-state index in [9.17, 15) is 4.79 Å². The third-order valence-corrected chi connectivity index (χ3v) is 2.74. The minimum Gasteiger partial charge on any atom is -0.496 e. The summed E-state index contributed by atoms with van der Waals surface area (Å²) in [6.45, 7) is 0. The van der Waals surface area contributed by atoms with Crippen LogP contribution >= 0.6 is 11.6 Å². The molecule has 0 spiro atoms. The molecular weight excluding hydrogens is 240 g/mol. The summed E-state index contributed by atoms with van der Waals surface area (Å²) in [7, 11) is 3.20. The number of rotatable bonds is 3. The zero-order valence-electron chi connectivity index (χ0n) is 9.48. The number of carbonyl (C=O) groups is 1. The molecule has 0 saturated carbocycles. The molecule has 5 heteroatoms. The molecule has 0 atom stereocenters. The van der Waals surface area contributed by atoms with Gasteiger partial charge in [-0.15, -0.1) is 0 Å². The van der Waals surface area contributed by atoms with Gasteiger partial charge in [0, 0.05) is 7.05 Å². The van der Waals surface area contributed by atoms with Gasteiger partial charge in [-0.25, -0.2) is 0 Å². The first-order valence-electron chi connectivity index (χ1n) is 5.00. The number of carbonyl (C=O) groups excluding carboxylic acids is 1. The Balaban J connectivity index is 2.51.